The van der Waals surface area contributed by atoms with Gasteiger partial charge in [0.1, 0.15) is 0 Å². The van der Waals surface area contributed by atoms with Crippen molar-refractivity contribution >= 4 is 20.2 Å². The normalized spacial score (nSPS) is 7.80. The van der Waals surface area contributed by atoms with E-state index in [1.807, 2.05) is 0 Å². The van der Waals surface area contributed by atoms with E-state index in [9.17, 15) is 0 Å². The summed E-state index contributed by atoms with van der Waals surface area (Å²) in [5.41, 5.74) is 0. The molecule has 0 heterocycles. The van der Waals surface area contributed by atoms with Crippen LogP contribution in [0, 0.1) is 0 Å². The monoisotopic (exact) mass is 181 g/mol. The number of rotatable bonds is 1. The van der Waals surface area contributed by atoms with Crippen LogP contribution >= 0.6 is 0 Å². The van der Waals surface area contributed by atoms with Crippen molar-refractivity contribution in [3.05, 3.63) is 0 Å². The first-order valence-corrected chi connectivity index (χ1v) is 8.49. The van der Waals surface area contributed by atoms with Gasteiger partial charge in [-0.05, 0) is 0 Å². The topological polar surface area (TPSA) is 9.23 Å². The van der Waals surface area contributed by atoms with Crippen molar-refractivity contribution in [1.29, 1.82) is 0 Å². The van der Waals surface area contributed by atoms with E-state index in [1.54, 1.807) is 7.11 Å². The molecule has 0 radical (unpaired) electrons. The van der Waals surface area contributed by atoms with Crippen LogP contribution in [0.2, 0.25) is 9.88 Å². The van der Waals surface area contributed by atoms with E-state index in [0.29, 0.717) is 0 Å². The Morgan fingerprint density at radius 1 is 1.40 bits per heavy atom. The second kappa shape index (κ2) is 2.97. The molecule has 0 aliphatic rings. The van der Waals surface area contributed by atoms with Crippen LogP contribution in [0.1, 0.15) is 0 Å². The van der Waals surface area contributed by atoms with E-state index < -0.39 is 20.2 Å². The Balaban J connectivity index is 2.54. The van der Waals surface area contributed by atoms with Crippen LogP contribution in [-0.4, -0.2) is 27.3 Å². The number of hydrogen-bond donors (Lipinski definition) is 0. The summed E-state index contributed by atoms with van der Waals surface area (Å²) in [7, 11) is 1.79. The van der Waals surface area contributed by atoms with Gasteiger partial charge in [0.25, 0.3) is 0 Å². The van der Waals surface area contributed by atoms with Gasteiger partial charge in [-0.3, -0.25) is 0 Å². The Kier molecular flexibility index (Phi) is 3.42. The minimum atomic E-state index is -1.08. The maximum atomic E-state index is 4.95. The molecule has 0 unspecified atom stereocenters. The third kappa shape index (κ3) is 4.76. The molecule has 0 saturated heterocycles. The Morgan fingerprint density at radius 2 is 1.60 bits per heavy atom. The molecule has 0 aromatic rings. The molecule has 1 nitrogen and oxygen atoms in total. The maximum absolute atomic E-state index is 4.95. The summed E-state index contributed by atoms with van der Waals surface area (Å²) >= 11 is -1.08. The molecule has 0 amide bonds. The van der Waals surface area contributed by atoms with E-state index in [0.717, 1.165) is 0 Å². The minimum absolute atomic E-state index is 1.08. The van der Waals surface area contributed by atoms with Gasteiger partial charge in [-0.1, -0.05) is 0 Å². The first-order valence-electron chi connectivity index (χ1n) is 1.61. The van der Waals surface area contributed by atoms with Gasteiger partial charge < -0.3 is 0 Å². The van der Waals surface area contributed by atoms with Crippen molar-refractivity contribution in [2.75, 3.05) is 7.11 Å². The Hall–Kier alpha value is 0.759. The molecular weight excluding hydrogens is 171 g/mol. The van der Waals surface area contributed by atoms with Gasteiger partial charge in [-0.15, -0.1) is 0 Å². The fourth-order valence-corrected chi connectivity index (χ4v) is 0. The molecule has 0 atom stereocenters. The van der Waals surface area contributed by atoms with Crippen molar-refractivity contribution in [1.82, 2.24) is 0 Å². The third-order valence-corrected chi connectivity index (χ3v) is 2.74. The van der Waals surface area contributed by atoms with Crippen LogP contribution in [-0.2, 0) is 3.07 Å². The summed E-state index contributed by atoms with van der Waals surface area (Å²) in [6.07, 6.45) is 0. The van der Waals surface area contributed by atoms with Gasteiger partial charge in [-0.25, -0.2) is 0 Å². The zero-order valence-electron chi connectivity index (χ0n) is 3.91. The van der Waals surface area contributed by atoms with E-state index in [2.05, 4.69) is 9.88 Å². The quantitative estimate of drug-likeness (QED) is 0.544. The average Bonchev–Trinajstić information content (AvgIpc) is 1.38. The third-order valence-electron chi connectivity index (χ3n) is 0.408. The number of hydrogen-bond acceptors (Lipinski definition) is 1. The van der Waals surface area contributed by atoms with Gasteiger partial charge in [0.15, 0.2) is 0 Å². The molecule has 0 rings (SSSR count). The van der Waals surface area contributed by atoms with Crippen molar-refractivity contribution in [2.45, 2.75) is 9.88 Å². The van der Waals surface area contributed by atoms with E-state index in [1.165, 1.54) is 0 Å². The zero-order valence-corrected chi connectivity index (χ0v) is 6.76. The van der Waals surface area contributed by atoms with Crippen LogP contribution < -0.4 is 0 Å². The van der Waals surface area contributed by atoms with Crippen LogP contribution in [0.3, 0.4) is 0 Å². The molecule has 0 aliphatic carbocycles. The first kappa shape index (κ1) is 5.76. The molecule has 30 valence electrons. The van der Waals surface area contributed by atoms with Gasteiger partial charge in [-0.2, -0.15) is 0 Å². The molecule has 0 saturated carbocycles. The Labute approximate surface area is 40.6 Å². The summed E-state index contributed by atoms with van der Waals surface area (Å²) in [4.78, 5) is 4.39. The Bertz CT molecular complexity index is 20.9. The van der Waals surface area contributed by atoms with Gasteiger partial charge in [0.05, 0.1) is 0 Å². The fourth-order valence-electron chi connectivity index (χ4n) is 0. The van der Waals surface area contributed by atoms with Gasteiger partial charge in [0.2, 0.25) is 0 Å². The molecule has 0 spiro atoms. The van der Waals surface area contributed by atoms with Crippen molar-refractivity contribution in [3.63, 3.8) is 0 Å². The Morgan fingerprint density at radius 3 is 1.60 bits per heavy atom. The van der Waals surface area contributed by atoms with Crippen LogP contribution in [0.5, 0.6) is 0 Å². The van der Waals surface area contributed by atoms with Crippen LogP contribution in [0.4, 0.5) is 0 Å². The van der Waals surface area contributed by atoms with Gasteiger partial charge >= 0.3 is 40.2 Å². The van der Waals surface area contributed by atoms with Crippen molar-refractivity contribution in [2.24, 2.45) is 0 Å². The fraction of sp³-hybridized carbons (Fsp3) is 1.00. The SMILES string of the molecule is C[O][Sn+]([CH3])[CH3]. The van der Waals surface area contributed by atoms with Gasteiger partial charge in [0, 0.05) is 0 Å². The van der Waals surface area contributed by atoms with E-state index in [-0.39, 0.29) is 0 Å². The van der Waals surface area contributed by atoms with Crippen molar-refractivity contribution < 1.29 is 3.07 Å². The molecule has 0 aromatic heterocycles. The van der Waals surface area contributed by atoms with Crippen LogP contribution in [0.25, 0.3) is 0 Å². The summed E-state index contributed by atoms with van der Waals surface area (Å²) in [5.74, 6) is 0. The summed E-state index contributed by atoms with van der Waals surface area (Å²) in [6.45, 7) is 0. The van der Waals surface area contributed by atoms with E-state index >= 15 is 0 Å². The standard InChI is InChI=1S/CH3O.2CH3.Sn/c1-2;;;/h1H3;2*1H3;/q-1;;;+2. The summed E-state index contributed by atoms with van der Waals surface area (Å²) in [5, 5.41) is 0. The molecular formula is C3H9OSn+. The molecule has 0 aliphatic heterocycles. The second-order valence-corrected chi connectivity index (χ2v) is 7.46. The second-order valence-electron chi connectivity index (χ2n) is 1.11. The molecule has 0 bridgehead atoms. The average molecular weight is 180 g/mol. The first-order chi connectivity index (χ1) is 2.27. The summed E-state index contributed by atoms with van der Waals surface area (Å²) < 4.78 is 4.95. The predicted molar refractivity (Wildman–Crippen MR) is 24.5 cm³/mol. The molecule has 0 fully saturated rings. The molecule has 5 heavy (non-hydrogen) atoms. The predicted octanol–water partition coefficient (Wildman–Crippen LogP) is 0.884. The molecule has 0 N–H and O–H groups in total. The zero-order chi connectivity index (χ0) is 4.28. The molecule has 2 heteroatoms. The van der Waals surface area contributed by atoms with Crippen LogP contribution in [0.15, 0.2) is 0 Å². The molecule has 0 aromatic carbocycles. The van der Waals surface area contributed by atoms with E-state index in [4.69, 9.17) is 3.07 Å². The van der Waals surface area contributed by atoms with Crippen molar-refractivity contribution in [3.8, 4) is 0 Å². The summed E-state index contributed by atoms with van der Waals surface area (Å²) in [6, 6.07) is 0.